The lowest BCUT2D eigenvalue weighted by atomic mass is 10.1. The summed E-state index contributed by atoms with van der Waals surface area (Å²) in [6.07, 6.45) is 4.95. The average molecular weight is 507 g/mol. The number of aliphatic hydroxyl groups is 1. The van der Waals surface area contributed by atoms with Crippen molar-refractivity contribution < 1.29 is 19.5 Å². The highest BCUT2D eigenvalue weighted by atomic mass is 16.3. The number of aromatic nitrogens is 3. The van der Waals surface area contributed by atoms with Crippen LogP contribution < -0.4 is 5.73 Å². The smallest absolute Gasteiger partial charge is 0.253 e. The van der Waals surface area contributed by atoms with Crippen molar-refractivity contribution in [2.45, 2.75) is 65.1 Å². The minimum atomic E-state index is -1.02. The van der Waals surface area contributed by atoms with Crippen LogP contribution in [0, 0.1) is 0 Å². The summed E-state index contributed by atoms with van der Waals surface area (Å²) in [6.45, 7) is 6.80. The van der Waals surface area contributed by atoms with Gasteiger partial charge in [-0.05, 0) is 39.7 Å². The third-order valence-electron chi connectivity index (χ3n) is 6.47. The number of para-hydroxylation sites is 1. The molecule has 10 nitrogen and oxygen atoms in total. The van der Waals surface area contributed by atoms with E-state index in [1.165, 1.54) is 17.1 Å². The number of imidazole rings is 1. The molecule has 3 amide bonds. The Balaban J connectivity index is 1.49. The van der Waals surface area contributed by atoms with Gasteiger partial charge >= 0.3 is 0 Å². The Hall–Kier alpha value is -3.79. The second kappa shape index (κ2) is 10.7. The fourth-order valence-electron chi connectivity index (χ4n) is 4.66. The molecule has 0 saturated carbocycles. The maximum absolute atomic E-state index is 13.1. The fraction of sp³-hybridized carbons (Fsp3) is 0.444. The van der Waals surface area contributed by atoms with E-state index in [1.54, 1.807) is 18.7 Å². The number of fused-ring (bicyclic) bond motifs is 3. The van der Waals surface area contributed by atoms with Crippen LogP contribution in [0.25, 0.3) is 21.9 Å². The van der Waals surface area contributed by atoms with Crippen LogP contribution in [0.2, 0.25) is 0 Å². The van der Waals surface area contributed by atoms with E-state index in [0.29, 0.717) is 49.5 Å². The second-order valence-electron chi connectivity index (χ2n) is 10.0. The summed E-state index contributed by atoms with van der Waals surface area (Å²) in [5.74, 6) is 0.377. The molecule has 3 N–H and O–H groups in total. The van der Waals surface area contributed by atoms with Crippen LogP contribution in [0.1, 0.15) is 52.3 Å². The van der Waals surface area contributed by atoms with Gasteiger partial charge in [-0.3, -0.25) is 19.3 Å². The summed E-state index contributed by atoms with van der Waals surface area (Å²) in [5.41, 5.74) is 7.35. The van der Waals surface area contributed by atoms with Crippen LogP contribution in [0.5, 0.6) is 0 Å². The number of rotatable bonds is 11. The Kier molecular flexibility index (Phi) is 7.58. The number of amides is 3. The van der Waals surface area contributed by atoms with E-state index in [0.717, 1.165) is 22.8 Å². The van der Waals surface area contributed by atoms with Crippen LogP contribution in [0.15, 0.2) is 36.4 Å². The maximum atomic E-state index is 13.1. The zero-order chi connectivity index (χ0) is 26.7. The lowest BCUT2D eigenvalue weighted by Gasteiger charge is -2.24. The van der Waals surface area contributed by atoms with Gasteiger partial charge in [0.25, 0.3) is 11.8 Å². The molecule has 10 heteroatoms. The van der Waals surface area contributed by atoms with E-state index in [2.05, 4.69) is 4.98 Å². The van der Waals surface area contributed by atoms with Gasteiger partial charge in [0.1, 0.15) is 11.3 Å². The number of imide groups is 1. The van der Waals surface area contributed by atoms with E-state index in [-0.39, 0.29) is 30.8 Å². The van der Waals surface area contributed by atoms with Gasteiger partial charge in [-0.1, -0.05) is 24.6 Å². The Bertz CT molecular complexity index is 1350. The number of hydrogen-bond acceptors (Lipinski definition) is 7. The first kappa shape index (κ1) is 26.3. The van der Waals surface area contributed by atoms with Gasteiger partial charge < -0.3 is 20.3 Å². The summed E-state index contributed by atoms with van der Waals surface area (Å²) in [5, 5.41) is 11.6. The van der Waals surface area contributed by atoms with Crippen LogP contribution in [-0.4, -0.2) is 65.9 Å². The third-order valence-corrected chi connectivity index (χ3v) is 6.47. The molecule has 4 rings (SSSR count). The molecule has 37 heavy (non-hydrogen) atoms. The van der Waals surface area contributed by atoms with Gasteiger partial charge in [-0.2, -0.15) is 0 Å². The van der Waals surface area contributed by atoms with Crippen molar-refractivity contribution >= 4 is 45.5 Å². The molecule has 1 aliphatic rings. The molecule has 0 radical (unpaired) electrons. The molecular formula is C27H34N6O4. The van der Waals surface area contributed by atoms with E-state index in [4.69, 9.17) is 10.7 Å². The van der Waals surface area contributed by atoms with Crippen molar-refractivity contribution in [1.29, 1.82) is 0 Å². The molecule has 0 unspecified atom stereocenters. The predicted molar refractivity (Wildman–Crippen MR) is 141 cm³/mol. The Morgan fingerprint density at radius 1 is 1.08 bits per heavy atom. The standard InChI is InChI=1S/C27H34N6O4/c1-4-31(21(34)12-6-5-9-15-32-22(35)13-14-23(32)36)16-20-30-24-25(33(20)17-27(2,3)37)18-10-7-8-11-19(18)29-26(24)28/h7-8,10-11,13-14,37H,4-6,9,12,15-17H2,1-3H3,(H2,28,29). The highest BCUT2D eigenvalue weighted by Gasteiger charge is 2.25. The van der Waals surface area contributed by atoms with Crippen LogP contribution in [0.4, 0.5) is 5.82 Å². The number of nitrogens with two attached hydrogens (primary N) is 1. The Morgan fingerprint density at radius 3 is 2.46 bits per heavy atom. The van der Waals surface area contributed by atoms with Crippen molar-refractivity contribution in [3.05, 3.63) is 42.2 Å². The lowest BCUT2D eigenvalue weighted by molar-refractivity contribution is -0.137. The minimum absolute atomic E-state index is 0.00434. The minimum Gasteiger partial charge on any atom is -0.389 e. The molecule has 1 aliphatic heterocycles. The first-order valence-electron chi connectivity index (χ1n) is 12.7. The number of hydrogen-bond donors (Lipinski definition) is 2. The van der Waals surface area contributed by atoms with Crippen LogP contribution in [-0.2, 0) is 27.5 Å². The molecule has 3 aromatic rings. The summed E-state index contributed by atoms with van der Waals surface area (Å²) >= 11 is 0. The SMILES string of the molecule is CCN(Cc1nc2c(N)nc3ccccc3c2n1CC(C)(C)O)C(=O)CCCCCN1C(=O)C=CC1=O. The number of benzene rings is 1. The summed E-state index contributed by atoms with van der Waals surface area (Å²) in [6, 6.07) is 7.67. The molecule has 3 heterocycles. The molecule has 0 aliphatic carbocycles. The maximum Gasteiger partial charge on any atom is 0.253 e. The molecule has 2 aromatic heterocycles. The largest absolute Gasteiger partial charge is 0.389 e. The Labute approximate surface area is 215 Å². The van der Waals surface area contributed by atoms with E-state index in [1.807, 2.05) is 35.8 Å². The average Bonchev–Trinajstić information content (AvgIpc) is 3.36. The van der Waals surface area contributed by atoms with Gasteiger partial charge in [0.05, 0.1) is 29.7 Å². The summed E-state index contributed by atoms with van der Waals surface area (Å²) in [4.78, 5) is 48.6. The van der Waals surface area contributed by atoms with E-state index >= 15 is 0 Å². The Morgan fingerprint density at radius 2 is 1.78 bits per heavy atom. The van der Waals surface area contributed by atoms with Gasteiger partial charge in [-0.25, -0.2) is 9.97 Å². The normalized spacial score (nSPS) is 13.9. The predicted octanol–water partition coefficient (Wildman–Crippen LogP) is 2.77. The molecule has 0 saturated heterocycles. The number of carbonyl (C=O) groups excluding carboxylic acids is 3. The molecule has 196 valence electrons. The van der Waals surface area contributed by atoms with Crippen molar-refractivity contribution in [2.75, 3.05) is 18.8 Å². The van der Waals surface area contributed by atoms with Crippen molar-refractivity contribution in [1.82, 2.24) is 24.3 Å². The second-order valence-corrected chi connectivity index (χ2v) is 10.0. The van der Waals surface area contributed by atoms with Gasteiger partial charge in [0.15, 0.2) is 5.82 Å². The van der Waals surface area contributed by atoms with E-state index in [9.17, 15) is 19.5 Å². The highest BCUT2D eigenvalue weighted by molar-refractivity contribution is 6.12. The number of nitrogens with zero attached hydrogens (tertiary/aromatic N) is 5. The topological polar surface area (TPSA) is 135 Å². The first-order chi connectivity index (χ1) is 17.6. The molecule has 0 spiro atoms. The van der Waals surface area contributed by atoms with Crippen LogP contribution in [0.3, 0.4) is 0 Å². The molecular weight excluding hydrogens is 472 g/mol. The molecule has 0 atom stereocenters. The zero-order valence-corrected chi connectivity index (χ0v) is 21.6. The number of pyridine rings is 1. The highest BCUT2D eigenvalue weighted by Crippen LogP contribution is 2.30. The molecule has 1 aromatic carbocycles. The number of carbonyl (C=O) groups is 3. The van der Waals surface area contributed by atoms with Gasteiger partial charge in [0, 0.05) is 37.0 Å². The fourth-order valence-corrected chi connectivity index (χ4v) is 4.66. The summed E-state index contributed by atoms with van der Waals surface area (Å²) in [7, 11) is 0. The van der Waals surface area contributed by atoms with Gasteiger partial charge in [0.2, 0.25) is 5.91 Å². The first-order valence-corrected chi connectivity index (χ1v) is 12.7. The van der Waals surface area contributed by atoms with Crippen LogP contribution >= 0.6 is 0 Å². The van der Waals surface area contributed by atoms with Crippen molar-refractivity contribution in [3.8, 4) is 0 Å². The number of unbranched alkanes of at least 4 members (excludes halogenated alkanes) is 2. The van der Waals surface area contributed by atoms with Gasteiger partial charge in [-0.15, -0.1) is 0 Å². The quantitative estimate of drug-likeness (QED) is 0.302. The monoisotopic (exact) mass is 506 g/mol. The van der Waals surface area contributed by atoms with Crippen molar-refractivity contribution in [3.63, 3.8) is 0 Å². The number of nitrogen functional groups attached to an aromatic ring is 1. The molecule has 0 bridgehead atoms. The number of anilines is 1. The summed E-state index contributed by atoms with van der Waals surface area (Å²) < 4.78 is 1.95. The zero-order valence-electron chi connectivity index (χ0n) is 21.6. The lowest BCUT2D eigenvalue weighted by Crippen LogP contribution is -2.33. The van der Waals surface area contributed by atoms with Crippen molar-refractivity contribution in [2.24, 2.45) is 0 Å². The third kappa shape index (κ3) is 5.80. The molecule has 0 fully saturated rings. The van der Waals surface area contributed by atoms with E-state index < -0.39 is 5.60 Å².